The SMILES string of the molecule is CC(C)(O)[C@@H]1CC[C@](C)([C@H]2[C@@H](O)C[C@@]3(C)C4C[C@H](O)[C@H]5C(C)(C)[C@@H](O)CC[C@@]56C[C@@]46CC[C@]23C)O1.CCC(C)[C@H](NC(=O)OC(C)(C)C)C(=O)O[C@H]1CC[C@]23C[C@]24CC[C@]2(C)[C@@H]([C@@]5(C)CC[C@@H](C(C)(C)O)O5)[C@@H](O)C[C@@]2(C)C4C[C@H](O)[C@H]3C1(C)C.Oc1c(F)c(F)c(F)c(F)c1F. The lowest BCUT2D eigenvalue weighted by Crippen LogP contribution is -2.63. The molecule has 2 saturated heterocycles. The maximum Gasteiger partial charge on any atom is 0.408 e. The molecule has 12 aliphatic rings. The van der Waals surface area contributed by atoms with E-state index in [0.29, 0.717) is 25.2 Å². The van der Waals surface area contributed by atoms with E-state index in [1.54, 1.807) is 20.8 Å². The quantitative estimate of drug-likeness (QED) is 0.0483. The van der Waals surface area contributed by atoms with Gasteiger partial charge in [-0.1, -0.05) is 75.7 Å². The number of carbonyl (C=O) groups is 2. The van der Waals surface area contributed by atoms with Crippen LogP contribution in [-0.2, 0) is 23.7 Å². The molecule has 10 saturated carbocycles. The molecule has 0 aromatic heterocycles. The van der Waals surface area contributed by atoms with E-state index in [4.69, 9.17) is 24.1 Å². The van der Waals surface area contributed by atoms with Crippen molar-refractivity contribution in [3.05, 3.63) is 29.1 Å². The minimum absolute atomic E-state index is 0.0167. The third kappa shape index (κ3) is 10.9. The number of hydrogen-bond acceptors (Lipinski definition) is 14. The number of carbonyl (C=O) groups excluding carboxylic acids is 2. The first kappa shape index (κ1) is 75.2. The summed E-state index contributed by atoms with van der Waals surface area (Å²) in [6.45, 7) is 39.3. The van der Waals surface area contributed by atoms with Crippen LogP contribution >= 0.6 is 0 Å². The number of benzene rings is 1. The molecule has 0 bridgehead atoms. The number of fused-ring (bicyclic) bond motifs is 4. The Hall–Kier alpha value is -2.95. The Kier molecular flexibility index (Phi) is 18.2. The van der Waals surface area contributed by atoms with Crippen LogP contribution in [0.25, 0.3) is 0 Å². The Morgan fingerprint density at radius 3 is 1.33 bits per heavy atom. The Morgan fingerprint density at radius 1 is 0.536 bits per heavy atom. The number of esters is 1. The third-order valence-electron chi connectivity index (χ3n) is 31.1. The normalized spacial score (nSPS) is 47.8. The predicted molar refractivity (Wildman–Crippen MR) is 353 cm³/mol. The van der Waals surface area contributed by atoms with Crippen LogP contribution < -0.4 is 5.32 Å². The number of rotatable bonds is 9. The molecule has 0 radical (unpaired) electrons. The molecule has 20 heteroatoms. The second-order valence-electron chi connectivity index (χ2n) is 38.6. The van der Waals surface area contributed by atoms with Gasteiger partial charge in [0, 0.05) is 17.3 Å². The topological polar surface area (TPSA) is 245 Å². The number of halogens is 5. The molecule has 10 aliphatic carbocycles. The monoisotopic (exact) mass is 1380 g/mol. The molecule has 13 rings (SSSR count). The van der Waals surface area contributed by atoms with Crippen molar-refractivity contribution in [2.45, 2.75) is 336 Å². The Balaban J connectivity index is 0.000000174. The van der Waals surface area contributed by atoms with Crippen LogP contribution in [0, 0.1) is 125 Å². The standard InChI is InChI=1S/C41H69NO8.C30H50O5.C6HF5O/c1-13-23(2)29(42-33(46)50-34(3,4)5)32(45)48-27-15-17-41-22-40(41)19-18-37(10)31(39(12)16-14-28(49-39)36(8,9)47)25(44)21-38(37,11)26(40)20-24(43)30(41)35(27,6)7;1-24(2)20(33)8-11-30-16-29(30)13-12-26(5)23(28(7)10-9-21(35-28)25(3,4)34)18(32)15-27(26,6)19(29)14-17(31)22(24)30;7-1-2(8)4(10)6(12)5(11)3(1)9/h23-31,43-44,47H,13-22H2,1-12H3,(H,42,46);17-23,31-34H,8-16H2,1-7H3;12H/t23?,24-,25-,26?,27-,28-,29-,30-,31-,37+,38-,39+,40-,41+;17-,18-,19?,20-,21-,22-,23-,26+,27-,28+,29-,30+;/m00./s1. The molecule has 15 nitrogen and oxygen atoms in total. The molecule has 552 valence electrons. The van der Waals surface area contributed by atoms with E-state index in [1.807, 2.05) is 41.5 Å². The van der Waals surface area contributed by atoms with Gasteiger partial charge < -0.3 is 65.1 Å². The zero-order chi connectivity index (χ0) is 72.3. The van der Waals surface area contributed by atoms with Gasteiger partial charge >= 0.3 is 12.1 Å². The number of phenols is 1. The van der Waals surface area contributed by atoms with Crippen LogP contribution in [0.1, 0.15) is 254 Å². The molecule has 1 aromatic rings. The van der Waals surface area contributed by atoms with E-state index in [0.717, 1.165) is 96.3 Å². The summed E-state index contributed by atoms with van der Waals surface area (Å²) in [5, 5.41) is 91.2. The minimum atomic E-state index is -2.29. The number of hydrogen-bond donors (Lipinski definition) is 9. The van der Waals surface area contributed by atoms with Crippen molar-refractivity contribution in [2.24, 2.45) is 95.6 Å². The number of alkyl carbamates (subject to hydrolysis) is 1. The Bertz CT molecular complexity index is 3120. The summed E-state index contributed by atoms with van der Waals surface area (Å²) >= 11 is 0. The highest BCUT2D eigenvalue weighted by Crippen LogP contribution is 2.91. The molecular formula is C77H120F5NO14. The molecular weight excluding hydrogens is 1260 g/mol. The molecule has 3 unspecified atom stereocenters. The predicted octanol–water partition coefficient (Wildman–Crippen LogP) is 13.5. The summed E-state index contributed by atoms with van der Waals surface area (Å²) in [6.07, 6.45) is 13.3. The average molecular weight is 1380 g/mol. The van der Waals surface area contributed by atoms with Crippen LogP contribution in [0.3, 0.4) is 0 Å². The van der Waals surface area contributed by atoms with Gasteiger partial charge in [-0.05, 0) is 256 Å². The molecule has 1 aromatic carbocycles. The minimum Gasteiger partial charge on any atom is -0.503 e. The fraction of sp³-hybridized carbons (Fsp3) is 0.896. The summed E-state index contributed by atoms with van der Waals surface area (Å²) in [5.41, 5.74) is -4.24. The van der Waals surface area contributed by atoms with Gasteiger partial charge in [-0.3, -0.25) is 0 Å². The van der Waals surface area contributed by atoms with Gasteiger partial charge in [0.15, 0.2) is 5.75 Å². The van der Waals surface area contributed by atoms with Crippen LogP contribution in [-0.4, -0.2) is 136 Å². The van der Waals surface area contributed by atoms with Crippen molar-refractivity contribution >= 4 is 12.1 Å². The maximum absolute atomic E-state index is 13.8. The average Bonchev–Trinajstić information content (AvgIpc) is 1.47. The number of phenolic OH excluding ortho intramolecular Hbond substituents is 1. The van der Waals surface area contributed by atoms with Gasteiger partial charge in [0.1, 0.15) is 17.7 Å². The molecule has 26 atom stereocenters. The first-order valence-electron chi connectivity index (χ1n) is 36.9. The van der Waals surface area contributed by atoms with Crippen LogP contribution in [0.15, 0.2) is 0 Å². The van der Waals surface area contributed by atoms with Crippen molar-refractivity contribution < 1.29 is 91.3 Å². The van der Waals surface area contributed by atoms with Gasteiger partial charge in [0.05, 0.1) is 65.1 Å². The molecule has 2 heterocycles. The second kappa shape index (κ2) is 23.5. The van der Waals surface area contributed by atoms with E-state index in [1.165, 1.54) is 6.42 Å². The number of aliphatic hydroxyl groups is 7. The van der Waals surface area contributed by atoms with E-state index >= 15 is 0 Å². The Labute approximate surface area is 573 Å². The van der Waals surface area contributed by atoms with E-state index in [9.17, 15) is 67.3 Å². The molecule has 97 heavy (non-hydrogen) atoms. The zero-order valence-corrected chi connectivity index (χ0v) is 61.6. The van der Waals surface area contributed by atoms with Crippen molar-refractivity contribution in [3.8, 4) is 5.75 Å². The Morgan fingerprint density at radius 2 is 0.938 bits per heavy atom. The van der Waals surface area contributed by atoms with Crippen LogP contribution in [0.2, 0.25) is 0 Å². The van der Waals surface area contributed by atoms with Crippen LogP contribution in [0.5, 0.6) is 5.75 Å². The highest BCUT2D eigenvalue weighted by Gasteiger charge is 2.87. The lowest BCUT2D eigenvalue weighted by Gasteiger charge is -2.64. The third-order valence-corrected chi connectivity index (χ3v) is 31.1. The molecule has 9 N–H and O–H groups in total. The first-order valence-corrected chi connectivity index (χ1v) is 36.9. The lowest BCUT2D eigenvalue weighted by atomic mass is 9.41. The number of amides is 1. The first-order chi connectivity index (χ1) is 44.3. The van der Waals surface area contributed by atoms with Crippen molar-refractivity contribution in [1.29, 1.82) is 0 Å². The molecule has 4 spiro atoms. The largest absolute Gasteiger partial charge is 0.503 e. The molecule has 12 fully saturated rings. The number of aliphatic hydroxyl groups excluding tert-OH is 5. The molecule has 1 amide bonds. The fourth-order valence-corrected chi connectivity index (χ4v) is 26.4. The van der Waals surface area contributed by atoms with Gasteiger partial charge in [-0.15, -0.1) is 0 Å². The zero-order valence-electron chi connectivity index (χ0n) is 61.6. The highest BCUT2D eigenvalue weighted by molar-refractivity contribution is 5.82. The number of nitrogens with one attached hydrogen (secondary N) is 1. The van der Waals surface area contributed by atoms with E-state index in [2.05, 4.69) is 74.6 Å². The summed E-state index contributed by atoms with van der Waals surface area (Å²) in [5.74, 6) is -12.7. The summed E-state index contributed by atoms with van der Waals surface area (Å²) < 4.78 is 85.9. The summed E-state index contributed by atoms with van der Waals surface area (Å²) in [6, 6.07) is -0.823. The van der Waals surface area contributed by atoms with Crippen molar-refractivity contribution in [1.82, 2.24) is 5.32 Å². The highest BCUT2D eigenvalue weighted by atomic mass is 19.2. The van der Waals surface area contributed by atoms with Crippen molar-refractivity contribution in [2.75, 3.05) is 0 Å². The van der Waals surface area contributed by atoms with Gasteiger partial charge in [0.25, 0.3) is 0 Å². The lowest BCUT2D eigenvalue weighted by molar-refractivity contribution is -0.218. The smallest absolute Gasteiger partial charge is 0.408 e. The van der Waals surface area contributed by atoms with Gasteiger partial charge in [-0.25, -0.2) is 22.8 Å². The fourth-order valence-electron chi connectivity index (χ4n) is 26.4. The summed E-state index contributed by atoms with van der Waals surface area (Å²) in [7, 11) is 0. The number of aromatic hydroxyl groups is 1. The van der Waals surface area contributed by atoms with E-state index < -0.39 is 111 Å². The van der Waals surface area contributed by atoms with Gasteiger partial charge in [0.2, 0.25) is 29.1 Å². The van der Waals surface area contributed by atoms with E-state index in [-0.39, 0.29) is 109 Å². The number of ether oxygens (including phenoxy) is 4. The van der Waals surface area contributed by atoms with Crippen LogP contribution in [0.4, 0.5) is 26.7 Å². The maximum atomic E-state index is 13.8. The van der Waals surface area contributed by atoms with Gasteiger partial charge in [-0.2, -0.15) is 8.78 Å². The second-order valence-corrected chi connectivity index (χ2v) is 38.6. The summed E-state index contributed by atoms with van der Waals surface area (Å²) in [4.78, 5) is 26.6. The molecule has 2 aliphatic heterocycles. The van der Waals surface area contributed by atoms with Crippen molar-refractivity contribution in [3.63, 3.8) is 0 Å².